The number of hydrogen-bond donors (Lipinski definition) is 1. The largest absolute Gasteiger partial charge is 0.497 e. The maximum absolute atomic E-state index is 12.3. The van der Waals surface area contributed by atoms with Gasteiger partial charge in [0.05, 0.1) is 7.11 Å². The van der Waals surface area contributed by atoms with Crippen LogP contribution in [0.4, 0.5) is 5.69 Å². The van der Waals surface area contributed by atoms with Crippen molar-refractivity contribution < 1.29 is 9.53 Å². The summed E-state index contributed by atoms with van der Waals surface area (Å²) in [6.07, 6.45) is 5.32. The third-order valence-electron chi connectivity index (χ3n) is 3.79. The van der Waals surface area contributed by atoms with Gasteiger partial charge in [-0.2, -0.15) is 5.26 Å². The number of carbonyl (C=O) groups excluding carboxylic acids is 1. The van der Waals surface area contributed by atoms with Gasteiger partial charge >= 0.3 is 0 Å². The van der Waals surface area contributed by atoms with Gasteiger partial charge in [0, 0.05) is 23.8 Å². The highest BCUT2D eigenvalue weighted by molar-refractivity contribution is 6.09. The summed E-state index contributed by atoms with van der Waals surface area (Å²) >= 11 is 0. The fourth-order valence-corrected chi connectivity index (χ4v) is 2.45. The van der Waals surface area contributed by atoms with Crippen LogP contribution in [0.1, 0.15) is 5.56 Å². The fraction of sp³-hybridized carbons (Fsp3) is 0.0476. The number of amides is 1. The number of benzene rings is 2. The number of carbonyl (C=O) groups is 1. The van der Waals surface area contributed by atoms with Crippen LogP contribution in [0.15, 0.2) is 78.6 Å². The highest BCUT2D eigenvalue weighted by Crippen LogP contribution is 2.17. The predicted octanol–water partition coefficient (Wildman–Crippen LogP) is 4.03. The second-order valence-electron chi connectivity index (χ2n) is 5.54. The van der Waals surface area contributed by atoms with Gasteiger partial charge in [-0.05, 0) is 54.1 Å². The number of hydrogen-bond acceptors (Lipinski definition) is 3. The van der Waals surface area contributed by atoms with Crippen LogP contribution in [0.25, 0.3) is 11.8 Å². The van der Waals surface area contributed by atoms with Gasteiger partial charge in [-0.3, -0.25) is 4.79 Å². The zero-order valence-corrected chi connectivity index (χ0v) is 14.2. The van der Waals surface area contributed by atoms with Gasteiger partial charge < -0.3 is 14.6 Å². The van der Waals surface area contributed by atoms with Crippen molar-refractivity contribution >= 4 is 17.7 Å². The Morgan fingerprint density at radius 3 is 2.50 bits per heavy atom. The zero-order chi connectivity index (χ0) is 18.4. The van der Waals surface area contributed by atoms with Crippen LogP contribution < -0.4 is 10.1 Å². The lowest BCUT2D eigenvalue weighted by atomic mass is 10.2. The molecule has 0 spiro atoms. The molecule has 0 bridgehead atoms. The maximum atomic E-state index is 12.3. The highest BCUT2D eigenvalue weighted by atomic mass is 16.5. The SMILES string of the molecule is COc1ccc(NC(=O)/C(C#N)=C/c2ccn(-c3ccccc3)c2)cc1. The van der Waals surface area contributed by atoms with Gasteiger partial charge in [-0.25, -0.2) is 0 Å². The van der Waals surface area contributed by atoms with Gasteiger partial charge in [0.25, 0.3) is 5.91 Å². The van der Waals surface area contributed by atoms with E-state index in [4.69, 9.17) is 4.74 Å². The number of methoxy groups -OCH3 is 1. The van der Waals surface area contributed by atoms with E-state index in [9.17, 15) is 10.1 Å². The lowest BCUT2D eigenvalue weighted by Crippen LogP contribution is -2.13. The lowest BCUT2D eigenvalue weighted by molar-refractivity contribution is -0.112. The molecule has 1 aromatic heterocycles. The zero-order valence-electron chi connectivity index (χ0n) is 14.2. The Balaban J connectivity index is 1.76. The standard InChI is InChI=1S/C21H17N3O2/c1-26-20-9-7-18(8-10-20)23-21(25)17(14-22)13-16-11-12-24(15-16)19-5-3-2-4-6-19/h2-13,15H,1H3,(H,23,25)/b17-13+. The van der Waals surface area contributed by atoms with Crippen molar-refractivity contribution in [1.82, 2.24) is 4.57 Å². The van der Waals surface area contributed by atoms with E-state index in [1.54, 1.807) is 37.5 Å². The number of rotatable bonds is 5. The molecule has 0 aliphatic rings. The van der Waals surface area contributed by atoms with Crippen molar-refractivity contribution in [2.24, 2.45) is 0 Å². The van der Waals surface area contributed by atoms with Crippen molar-refractivity contribution in [1.29, 1.82) is 5.26 Å². The van der Waals surface area contributed by atoms with Gasteiger partial charge in [0.1, 0.15) is 17.4 Å². The van der Waals surface area contributed by atoms with E-state index >= 15 is 0 Å². The van der Waals surface area contributed by atoms with Crippen molar-refractivity contribution in [2.75, 3.05) is 12.4 Å². The minimum absolute atomic E-state index is 0.0339. The summed E-state index contributed by atoms with van der Waals surface area (Å²) in [5.41, 5.74) is 2.41. The van der Waals surface area contributed by atoms with Crippen LogP contribution >= 0.6 is 0 Å². The van der Waals surface area contributed by atoms with Gasteiger partial charge in [-0.1, -0.05) is 18.2 Å². The molecule has 0 radical (unpaired) electrons. The Morgan fingerprint density at radius 1 is 1.12 bits per heavy atom. The van der Waals surface area contributed by atoms with Crippen molar-refractivity contribution in [3.05, 3.63) is 84.2 Å². The van der Waals surface area contributed by atoms with Crippen LogP contribution in [0.2, 0.25) is 0 Å². The van der Waals surface area contributed by atoms with E-state index in [1.807, 2.05) is 59.4 Å². The van der Waals surface area contributed by atoms with Crippen LogP contribution in [-0.2, 0) is 4.79 Å². The van der Waals surface area contributed by atoms with Crippen LogP contribution in [0, 0.1) is 11.3 Å². The molecule has 3 aromatic rings. The molecule has 2 aromatic carbocycles. The topological polar surface area (TPSA) is 67.0 Å². The van der Waals surface area contributed by atoms with Gasteiger partial charge in [0.15, 0.2) is 0 Å². The summed E-state index contributed by atoms with van der Waals surface area (Å²) in [7, 11) is 1.58. The Hall–Kier alpha value is -3.78. The molecule has 1 N–H and O–H groups in total. The van der Waals surface area contributed by atoms with Crippen LogP contribution in [0.3, 0.4) is 0 Å². The Labute approximate surface area is 151 Å². The summed E-state index contributed by atoms with van der Waals surface area (Å²) in [5, 5.41) is 12.0. The van der Waals surface area contributed by atoms with E-state index in [-0.39, 0.29) is 5.57 Å². The molecule has 0 unspecified atom stereocenters. The Bertz CT molecular complexity index is 964. The average Bonchev–Trinajstić information content (AvgIpc) is 3.16. The lowest BCUT2D eigenvalue weighted by Gasteiger charge is -2.05. The van der Waals surface area contributed by atoms with E-state index in [1.165, 1.54) is 0 Å². The molecule has 1 heterocycles. The van der Waals surface area contributed by atoms with Gasteiger partial charge in [-0.15, -0.1) is 0 Å². The molecule has 0 fully saturated rings. The van der Waals surface area contributed by atoms with Crippen LogP contribution in [-0.4, -0.2) is 17.6 Å². The molecule has 0 saturated carbocycles. The number of nitriles is 1. The Kier molecular flexibility index (Phi) is 5.16. The predicted molar refractivity (Wildman–Crippen MR) is 101 cm³/mol. The van der Waals surface area contributed by atoms with E-state index < -0.39 is 5.91 Å². The van der Waals surface area contributed by atoms with E-state index in [0.29, 0.717) is 11.4 Å². The molecular weight excluding hydrogens is 326 g/mol. The maximum Gasteiger partial charge on any atom is 0.266 e. The van der Waals surface area contributed by atoms with Crippen molar-refractivity contribution in [3.8, 4) is 17.5 Å². The first kappa shape index (κ1) is 17.1. The summed E-state index contributed by atoms with van der Waals surface area (Å²) in [6, 6.07) is 20.5. The summed E-state index contributed by atoms with van der Waals surface area (Å²) in [4.78, 5) is 12.3. The second kappa shape index (κ2) is 7.86. The summed E-state index contributed by atoms with van der Waals surface area (Å²) in [6.45, 7) is 0. The third-order valence-corrected chi connectivity index (χ3v) is 3.79. The average molecular weight is 343 g/mol. The molecule has 5 heteroatoms. The third kappa shape index (κ3) is 4.00. The first-order valence-corrected chi connectivity index (χ1v) is 8.00. The molecule has 0 aliphatic heterocycles. The molecule has 128 valence electrons. The normalized spacial score (nSPS) is 10.8. The highest BCUT2D eigenvalue weighted by Gasteiger charge is 2.10. The van der Waals surface area contributed by atoms with Crippen LogP contribution in [0.5, 0.6) is 5.75 Å². The molecule has 0 aliphatic carbocycles. The van der Waals surface area contributed by atoms with Crippen molar-refractivity contribution in [2.45, 2.75) is 0 Å². The second-order valence-corrected chi connectivity index (χ2v) is 5.54. The molecule has 1 amide bonds. The molecule has 26 heavy (non-hydrogen) atoms. The first-order chi connectivity index (χ1) is 12.7. The number of aromatic nitrogens is 1. The summed E-state index contributed by atoms with van der Waals surface area (Å²) in [5.74, 6) is 0.242. The summed E-state index contributed by atoms with van der Waals surface area (Å²) < 4.78 is 7.01. The van der Waals surface area contributed by atoms with E-state index in [0.717, 1.165) is 11.3 Å². The quantitative estimate of drug-likeness (QED) is 0.562. The fourth-order valence-electron chi connectivity index (χ4n) is 2.45. The van der Waals surface area contributed by atoms with Crippen molar-refractivity contribution in [3.63, 3.8) is 0 Å². The monoisotopic (exact) mass is 343 g/mol. The number of nitrogens with zero attached hydrogens (tertiary/aromatic N) is 2. The molecule has 5 nitrogen and oxygen atoms in total. The number of para-hydroxylation sites is 1. The number of anilines is 1. The number of ether oxygens (including phenoxy) is 1. The van der Waals surface area contributed by atoms with E-state index in [2.05, 4.69) is 5.32 Å². The first-order valence-electron chi connectivity index (χ1n) is 8.00. The molecule has 3 rings (SSSR count). The smallest absolute Gasteiger partial charge is 0.266 e. The molecule has 0 saturated heterocycles. The minimum atomic E-state index is -0.454. The minimum Gasteiger partial charge on any atom is -0.497 e. The number of nitrogens with one attached hydrogen (secondary N) is 1. The molecule has 0 atom stereocenters. The molecular formula is C21H17N3O2. The Morgan fingerprint density at radius 2 is 1.85 bits per heavy atom. The van der Waals surface area contributed by atoms with Gasteiger partial charge in [0.2, 0.25) is 0 Å².